The zero-order valence-corrected chi connectivity index (χ0v) is 16.6. The first kappa shape index (κ1) is 19.9. The highest BCUT2D eigenvalue weighted by molar-refractivity contribution is 5.99. The number of rotatable bonds is 9. The first-order chi connectivity index (χ1) is 13.6. The molecule has 2 aromatic carbocycles. The summed E-state index contributed by atoms with van der Waals surface area (Å²) in [6, 6.07) is 16.8. The lowest BCUT2D eigenvalue weighted by Gasteiger charge is -2.21. The van der Waals surface area contributed by atoms with Crippen LogP contribution in [0.1, 0.15) is 33.1 Å². The van der Waals surface area contributed by atoms with Crippen molar-refractivity contribution in [3.8, 4) is 11.5 Å². The molecule has 1 aliphatic carbocycles. The molecule has 1 aliphatic rings. The van der Waals surface area contributed by atoms with Gasteiger partial charge >= 0.3 is 0 Å². The standard InChI is InChI=1S/C23H28N2O3/c1-3-14-25(15-4-2)23(27)21-16-20(21)22(26)24-17-10-12-19(13-11-17)28-18-8-6-5-7-9-18/h5-13,20-21H,3-4,14-16H2,1-2H3,(H,24,26). The molecule has 5 heteroatoms. The molecule has 2 unspecified atom stereocenters. The second-order valence-electron chi connectivity index (χ2n) is 7.20. The fourth-order valence-corrected chi connectivity index (χ4v) is 3.33. The third kappa shape index (κ3) is 5.12. The summed E-state index contributed by atoms with van der Waals surface area (Å²) in [6.07, 6.45) is 2.52. The summed E-state index contributed by atoms with van der Waals surface area (Å²) in [7, 11) is 0. The van der Waals surface area contributed by atoms with Gasteiger partial charge in [0.15, 0.2) is 0 Å². The smallest absolute Gasteiger partial charge is 0.228 e. The zero-order valence-electron chi connectivity index (χ0n) is 16.6. The summed E-state index contributed by atoms with van der Waals surface area (Å²) < 4.78 is 5.76. The molecule has 3 rings (SSSR count). The number of benzene rings is 2. The van der Waals surface area contributed by atoms with Gasteiger partial charge in [-0.3, -0.25) is 9.59 Å². The van der Waals surface area contributed by atoms with Crippen LogP contribution in [0.5, 0.6) is 11.5 Å². The van der Waals surface area contributed by atoms with Gasteiger partial charge in [0.25, 0.3) is 0 Å². The van der Waals surface area contributed by atoms with Gasteiger partial charge in [-0.1, -0.05) is 32.0 Å². The largest absolute Gasteiger partial charge is 0.457 e. The molecule has 0 heterocycles. The summed E-state index contributed by atoms with van der Waals surface area (Å²) in [5.74, 6) is 1.13. The molecule has 0 bridgehead atoms. The van der Waals surface area contributed by atoms with E-state index in [0.29, 0.717) is 17.9 Å². The first-order valence-electron chi connectivity index (χ1n) is 10.0. The van der Waals surface area contributed by atoms with Crippen LogP contribution >= 0.6 is 0 Å². The van der Waals surface area contributed by atoms with Crippen LogP contribution in [-0.4, -0.2) is 29.8 Å². The van der Waals surface area contributed by atoms with Crippen LogP contribution in [0.25, 0.3) is 0 Å². The maximum absolute atomic E-state index is 12.6. The number of amides is 2. The summed E-state index contributed by atoms with van der Waals surface area (Å²) >= 11 is 0. The Bertz CT molecular complexity index is 783. The molecular formula is C23H28N2O3. The molecule has 1 N–H and O–H groups in total. The minimum atomic E-state index is -0.219. The number of para-hydroxylation sites is 1. The fourth-order valence-electron chi connectivity index (χ4n) is 3.33. The van der Waals surface area contributed by atoms with Crippen molar-refractivity contribution in [2.24, 2.45) is 11.8 Å². The molecule has 0 radical (unpaired) electrons. The van der Waals surface area contributed by atoms with Gasteiger partial charge in [-0.05, 0) is 55.7 Å². The summed E-state index contributed by atoms with van der Waals surface area (Å²) in [4.78, 5) is 27.0. The van der Waals surface area contributed by atoms with E-state index in [2.05, 4.69) is 19.2 Å². The van der Waals surface area contributed by atoms with Crippen LogP contribution in [0, 0.1) is 11.8 Å². The molecule has 0 aromatic heterocycles. The number of carbonyl (C=O) groups excluding carboxylic acids is 2. The number of anilines is 1. The van der Waals surface area contributed by atoms with Gasteiger partial charge in [-0.15, -0.1) is 0 Å². The maximum Gasteiger partial charge on any atom is 0.228 e. The van der Waals surface area contributed by atoms with Gasteiger partial charge in [0, 0.05) is 18.8 Å². The SMILES string of the molecule is CCCN(CCC)C(=O)C1CC1C(=O)Nc1ccc(Oc2ccccc2)cc1. The van der Waals surface area contributed by atoms with Gasteiger partial charge in [0.05, 0.1) is 11.8 Å². The molecule has 5 nitrogen and oxygen atoms in total. The Hall–Kier alpha value is -2.82. The van der Waals surface area contributed by atoms with Crippen molar-refractivity contribution in [2.45, 2.75) is 33.1 Å². The number of ether oxygens (including phenoxy) is 1. The topological polar surface area (TPSA) is 58.6 Å². The van der Waals surface area contributed by atoms with Crippen LogP contribution in [-0.2, 0) is 9.59 Å². The second kappa shape index (κ2) is 9.40. The van der Waals surface area contributed by atoms with Crippen LogP contribution in [0.2, 0.25) is 0 Å². The minimum absolute atomic E-state index is 0.0805. The average Bonchev–Trinajstić information content (AvgIpc) is 3.51. The predicted octanol–water partition coefficient (Wildman–Crippen LogP) is 4.70. The monoisotopic (exact) mass is 380 g/mol. The van der Waals surface area contributed by atoms with E-state index in [1.165, 1.54) is 0 Å². The van der Waals surface area contributed by atoms with E-state index in [-0.39, 0.29) is 23.7 Å². The summed E-state index contributed by atoms with van der Waals surface area (Å²) in [5.41, 5.74) is 0.711. The molecule has 1 fully saturated rings. The normalized spacial score (nSPS) is 17.6. The molecule has 1 saturated carbocycles. The Morgan fingerprint density at radius 1 is 0.929 bits per heavy atom. The predicted molar refractivity (Wildman–Crippen MR) is 110 cm³/mol. The number of nitrogens with one attached hydrogen (secondary N) is 1. The average molecular weight is 380 g/mol. The fraction of sp³-hybridized carbons (Fsp3) is 0.391. The molecular weight excluding hydrogens is 352 g/mol. The van der Waals surface area contributed by atoms with E-state index in [4.69, 9.17) is 4.74 Å². The Morgan fingerprint density at radius 3 is 2.14 bits per heavy atom. The summed E-state index contributed by atoms with van der Waals surface area (Å²) in [5, 5.41) is 2.92. The highest BCUT2D eigenvalue weighted by Crippen LogP contribution is 2.41. The van der Waals surface area contributed by atoms with E-state index < -0.39 is 0 Å². The molecule has 148 valence electrons. The third-order valence-corrected chi connectivity index (χ3v) is 4.84. The van der Waals surface area contributed by atoms with Gasteiger partial charge < -0.3 is 15.0 Å². The third-order valence-electron chi connectivity index (χ3n) is 4.84. The second-order valence-corrected chi connectivity index (χ2v) is 7.20. The van der Waals surface area contributed by atoms with Gasteiger partial charge in [-0.2, -0.15) is 0 Å². The number of carbonyl (C=O) groups is 2. The lowest BCUT2D eigenvalue weighted by Crippen LogP contribution is -2.34. The summed E-state index contributed by atoms with van der Waals surface area (Å²) in [6.45, 7) is 5.66. The van der Waals surface area contributed by atoms with Crippen molar-refractivity contribution in [3.05, 3.63) is 54.6 Å². The number of nitrogens with zero attached hydrogens (tertiary/aromatic N) is 1. The minimum Gasteiger partial charge on any atom is -0.457 e. The highest BCUT2D eigenvalue weighted by atomic mass is 16.5. The Morgan fingerprint density at radius 2 is 1.54 bits per heavy atom. The molecule has 2 atom stereocenters. The van der Waals surface area contributed by atoms with Crippen molar-refractivity contribution in [2.75, 3.05) is 18.4 Å². The van der Waals surface area contributed by atoms with E-state index >= 15 is 0 Å². The molecule has 0 saturated heterocycles. The Kier molecular flexibility index (Phi) is 6.69. The van der Waals surface area contributed by atoms with E-state index in [0.717, 1.165) is 31.7 Å². The van der Waals surface area contributed by atoms with E-state index in [1.54, 1.807) is 0 Å². The Balaban J connectivity index is 1.52. The van der Waals surface area contributed by atoms with Crippen LogP contribution in [0.3, 0.4) is 0 Å². The van der Waals surface area contributed by atoms with Gasteiger partial charge in [-0.25, -0.2) is 0 Å². The zero-order chi connectivity index (χ0) is 19.9. The van der Waals surface area contributed by atoms with Crippen LogP contribution in [0.15, 0.2) is 54.6 Å². The highest BCUT2D eigenvalue weighted by Gasteiger charge is 2.49. The lowest BCUT2D eigenvalue weighted by atomic mass is 10.2. The molecule has 2 amide bonds. The molecule has 0 spiro atoms. The lowest BCUT2D eigenvalue weighted by molar-refractivity contribution is -0.134. The van der Waals surface area contributed by atoms with Gasteiger partial charge in [0.1, 0.15) is 11.5 Å². The number of hydrogen-bond donors (Lipinski definition) is 1. The van der Waals surface area contributed by atoms with Crippen molar-refractivity contribution in [3.63, 3.8) is 0 Å². The molecule has 2 aromatic rings. The van der Waals surface area contributed by atoms with Crippen LogP contribution in [0.4, 0.5) is 5.69 Å². The van der Waals surface area contributed by atoms with E-state index in [9.17, 15) is 9.59 Å². The van der Waals surface area contributed by atoms with E-state index in [1.807, 2.05) is 59.5 Å². The maximum atomic E-state index is 12.6. The van der Waals surface area contributed by atoms with Crippen molar-refractivity contribution < 1.29 is 14.3 Å². The van der Waals surface area contributed by atoms with Crippen LogP contribution < -0.4 is 10.1 Å². The van der Waals surface area contributed by atoms with Crippen molar-refractivity contribution in [1.29, 1.82) is 0 Å². The quantitative estimate of drug-likeness (QED) is 0.686. The Labute approximate surface area is 166 Å². The van der Waals surface area contributed by atoms with Crippen molar-refractivity contribution >= 4 is 17.5 Å². The van der Waals surface area contributed by atoms with Gasteiger partial charge in [0.2, 0.25) is 11.8 Å². The van der Waals surface area contributed by atoms with Crippen molar-refractivity contribution in [1.82, 2.24) is 4.90 Å². The first-order valence-corrected chi connectivity index (χ1v) is 10.0. The molecule has 28 heavy (non-hydrogen) atoms. The molecule has 0 aliphatic heterocycles. The number of hydrogen-bond acceptors (Lipinski definition) is 3.